The van der Waals surface area contributed by atoms with E-state index < -0.39 is 0 Å². The van der Waals surface area contributed by atoms with E-state index in [1.165, 1.54) is 32.1 Å². The number of guanidine groups is 1. The van der Waals surface area contributed by atoms with Crippen LogP contribution in [0.2, 0.25) is 0 Å². The highest BCUT2D eigenvalue weighted by Gasteiger charge is 2.01. The van der Waals surface area contributed by atoms with Crippen LogP contribution in [0, 0.1) is 10.8 Å². The summed E-state index contributed by atoms with van der Waals surface area (Å²) in [5, 5.41) is 23.0. The molecular weight excluding hydrogens is 364 g/mol. The van der Waals surface area contributed by atoms with Gasteiger partial charge in [-0.15, -0.1) is 0 Å². The molecule has 0 spiro atoms. The number of nitrogens with one attached hydrogen (secondary N) is 4. The second-order valence-corrected chi connectivity index (χ2v) is 7.20. The second kappa shape index (κ2) is 12.6. The summed E-state index contributed by atoms with van der Waals surface area (Å²) in [4.78, 5) is 0. The third-order valence-corrected chi connectivity index (χ3v) is 4.77. The van der Waals surface area contributed by atoms with Gasteiger partial charge in [0.05, 0.1) is 0 Å². The fourth-order valence-electron chi connectivity index (χ4n) is 3.15. The van der Waals surface area contributed by atoms with E-state index in [2.05, 4.69) is 10.6 Å². The SMILES string of the molecule is N=C(N)NCCCCCCCCNCCOc1ccc2cc(C(=N)N)ccc2c1. The molecule has 0 radical (unpaired) electrons. The molecule has 0 aliphatic rings. The van der Waals surface area contributed by atoms with Crippen molar-refractivity contribution in [2.45, 2.75) is 38.5 Å². The smallest absolute Gasteiger partial charge is 0.185 e. The minimum absolute atomic E-state index is 0.0592. The fourth-order valence-corrected chi connectivity index (χ4v) is 3.15. The molecule has 0 aromatic heterocycles. The zero-order valence-corrected chi connectivity index (χ0v) is 17.1. The van der Waals surface area contributed by atoms with E-state index in [4.69, 9.17) is 27.0 Å². The maximum Gasteiger partial charge on any atom is 0.185 e. The Morgan fingerprint density at radius 1 is 0.793 bits per heavy atom. The van der Waals surface area contributed by atoms with Gasteiger partial charge in [-0.25, -0.2) is 0 Å². The molecule has 29 heavy (non-hydrogen) atoms. The van der Waals surface area contributed by atoms with Crippen molar-refractivity contribution in [2.24, 2.45) is 11.5 Å². The average molecular weight is 399 g/mol. The summed E-state index contributed by atoms with van der Waals surface area (Å²) in [6, 6.07) is 11.7. The summed E-state index contributed by atoms with van der Waals surface area (Å²) in [7, 11) is 0. The molecule has 0 heterocycles. The van der Waals surface area contributed by atoms with Crippen molar-refractivity contribution in [3.63, 3.8) is 0 Å². The van der Waals surface area contributed by atoms with Gasteiger partial charge in [0.15, 0.2) is 5.96 Å². The second-order valence-electron chi connectivity index (χ2n) is 7.20. The third kappa shape index (κ3) is 8.83. The Balaban J connectivity index is 1.51. The first kappa shape index (κ1) is 22.5. The largest absolute Gasteiger partial charge is 0.492 e. The maximum absolute atomic E-state index is 7.52. The summed E-state index contributed by atoms with van der Waals surface area (Å²) in [6.07, 6.45) is 7.16. The highest BCUT2D eigenvalue weighted by atomic mass is 16.5. The summed E-state index contributed by atoms with van der Waals surface area (Å²) in [5.41, 5.74) is 11.5. The Kier molecular flexibility index (Phi) is 9.78. The first-order valence-electron chi connectivity index (χ1n) is 10.4. The van der Waals surface area contributed by atoms with Gasteiger partial charge in [-0.2, -0.15) is 0 Å². The number of nitrogen functional groups attached to an aromatic ring is 1. The van der Waals surface area contributed by atoms with Crippen LogP contribution in [0.15, 0.2) is 36.4 Å². The Morgan fingerprint density at radius 2 is 1.45 bits per heavy atom. The van der Waals surface area contributed by atoms with E-state index in [1.54, 1.807) is 0 Å². The number of fused-ring (bicyclic) bond motifs is 1. The van der Waals surface area contributed by atoms with E-state index in [0.29, 0.717) is 6.61 Å². The van der Waals surface area contributed by atoms with Crippen molar-refractivity contribution in [1.82, 2.24) is 10.6 Å². The Labute approximate surface area is 173 Å². The molecule has 0 atom stereocenters. The lowest BCUT2D eigenvalue weighted by Gasteiger charge is -2.09. The van der Waals surface area contributed by atoms with Gasteiger partial charge in [0.2, 0.25) is 0 Å². The average Bonchev–Trinajstić information content (AvgIpc) is 2.70. The molecule has 0 aliphatic heterocycles. The van der Waals surface area contributed by atoms with Gasteiger partial charge < -0.3 is 26.8 Å². The van der Waals surface area contributed by atoms with Crippen molar-refractivity contribution in [3.05, 3.63) is 42.0 Å². The molecule has 0 amide bonds. The summed E-state index contributed by atoms with van der Waals surface area (Å²) >= 11 is 0. The van der Waals surface area contributed by atoms with Gasteiger partial charge in [-0.05, 0) is 48.4 Å². The first-order chi connectivity index (χ1) is 14.1. The molecule has 158 valence electrons. The molecule has 0 saturated heterocycles. The highest BCUT2D eigenvalue weighted by molar-refractivity contribution is 5.99. The van der Waals surface area contributed by atoms with E-state index in [9.17, 15) is 0 Å². The van der Waals surface area contributed by atoms with Gasteiger partial charge in [-0.3, -0.25) is 10.8 Å². The number of hydrogen-bond acceptors (Lipinski definition) is 4. The van der Waals surface area contributed by atoms with Crippen molar-refractivity contribution < 1.29 is 4.74 Å². The number of amidine groups is 1. The lowest BCUT2D eigenvalue weighted by molar-refractivity contribution is 0.314. The van der Waals surface area contributed by atoms with Gasteiger partial charge in [0, 0.05) is 18.7 Å². The predicted molar refractivity (Wildman–Crippen MR) is 121 cm³/mol. The van der Waals surface area contributed by atoms with Gasteiger partial charge >= 0.3 is 0 Å². The molecule has 2 rings (SSSR count). The number of benzene rings is 2. The van der Waals surface area contributed by atoms with Crippen molar-refractivity contribution >= 4 is 22.6 Å². The van der Waals surface area contributed by atoms with Crippen LogP contribution in [-0.4, -0.2) is 38.0 Å². The molecule has 0 saturated carbocycles. The Hall–Kier alpha value is -2.80. The van der Waals surface area contributed by atoms with Crippen LogP contribution in [-0.2, 0) is 0 Å². The monoisotopic (exact) mass is 398 g/mol. The van der Waals surface area contributed by atoms with Gasteiger partial charge in [0.25, 0.3) is 0 Å². The van der Waals surface area contributed by atoms with Crippen molar-refractivity contribution in [1.29, 1.82) is 10.8 Å². The fraction of sp³-hybridized carbons (Fsp3) is 0.455. The standard InChI is InChI=1S/C22H34N6O/c23-21(24)19-8-7-18-16-20(10-9-17(18)15-19)29-14-13-27-11-5-3-1-2-4-6-12-28-22(25)26/h7-10,15-16,27H,1-6,11-14H2,(H3,23,24)(H4,25,26,28). The van der Waals surface area contributed by atoms with Crippen LogP contribution < -0.4 is 26.8 Å². The van der Waals surface area contributed by atoms with E-state index in [-0.39, 0.29) is 11.8 Å². The molecule has 0 fully saturated rings. The van der Waals surface area contributed by atoms with Crippen LogP contribution in [0.4, 0.5) is 0 Å². The van der Waals surface area contributed by atoms with Crippen LogP contribution in [0.3, 0.4) is 0 Å². The normalized spacial score (nSPS) is 10.8. The molecule has 2 aromatic rings. The number of unbranched alkanes of at least 4 members (excludes halogenated alkanes) is 5. The van der Waals surface area contributed by atoms with Gasteiger partial charge in [0.1, 0.15) is 18.2 Å². The first-order valence-corrected chi connectivity index (χ1v) is 10.4. The molecule has 8 N–H and O–H groups in total. The number of nitrogens with two attached hydrogens (primary N) is 2. The summed E-state index contributed by atoms with van der Waals surface area (Å²) < 4.78 is 5.83. The minimum atomic E-state index is 0.0592. The maximum atomic E-state index is 7.52. The molecule has 2 aromatic carbocycles. The molecule has 0 bridgehead atoms. The number of rotatable bonds is 14. The van der Waals surface area contributed by atoms with Crippen LogP contribution in [0.25, 0.3) is 10.8 Å². The van der Waals surface area contributed by atoms with Gasteiger partial charge in [-0.1, -0.05) is 43.9 Å². The van der Waals surface area contributed by atoms with Crippen molar-refractivity contribution in [2.75, 3.05) is 26.2 Å². The van der Waals surface area contributed by atoms with Crippen LogP contribution in [0.5, 0.6) is 5.75 Å². The Bertz CT molecular complexity index is 792. The highest BCUT2D eigenvalue weighted by Crippen LogP contribution is 2.22. The molecule has 7 nitrogen and oxygen atoms in total. The summed E-state index contributed by atoms with van der Waals surface area (Å²) in [6.45, 7) is 3.28. The third-order valence-electron chi connectivity index (χ3n) is 4.77. The van der Waals surface area contributed by atoms with Crippen molar-refractivity contribution in [3.8, 4) is 5.75 Å². The lowest BCUT2D eigenvalue weighted by atomic mass is 10.1. The number of hydrogen-bond donors (Lipinski definition) is 6. The van der Waals surface area contributed by atoms with E-state index in [1.807, 2.05) is 36.4 Å². The molecule has 0 unspecified atom stereocenters. The quantitative estimate of drug-likeness (QED) is 0.165. The Morgan fingerprint density at radius 3 is 2.17 bits per heavy atom. The topological polar surface area (TPSA) is 133 Å². The lowest BCUT2D eigenvalue weighted by Crippen LogP contribution is -2.30. The molecular formula is C22H34N6O. The van der Waals surface area contributed by atoms with Crippen LogP contribution in [0.1, 0.15) is 44.1 Å². The molecule has 7 heteroatoms. The van der Waals surface area contributed by atoms with Crippen LogP contribution >= 0.6 is 0 Å². The predicted octanol–water partition coefficient (Wildman–Crippen LogP) is 2.92. The molecule has 0 aliphatic carbocycles. The summed E-state index contributed by atoms with van der Waals surface area (Å²) in [5.74, 6) is 0.998. The zero-order chi connectivity index (χ0) is 20.9. The number of ether oxygens (including phenoxy) is 1. The van der Waals surface area contributed by atoms with E-state index in [0.717, 1.165) is 48.1 Å². The minimum Gasteiger partial charge on any atom is -0.492 e. The zero-order valence-electron chi connectivity index (χ0n) is 17.1. The van der Waals surface area contributed by atoms with E-state index >= 15 is 0 Å².